The molecule has 0 aliphatic carbocycles. The first-order valence-corrected chi connectivity index (χ1v) is 7.72. The van der Waals surface area contributed by atoms with E-state index < -0.39 is 11.0 Å². The Morgan fingerprint density at radius 3 is 2.60 bits per heavy atom. The maximum absolute atomic E-state index is 12.3. The summed E-state index contributed by atoms with van der Waals surface area (Å²) in [7, 11) is 0. The molecule has 7 nitrogen and oxygen atoms in total. The normalized spacial score (nSPS) is 12.7. The molecule has 2 aromatic carbocycles. The summed E-state index contributed by atoms with van der Waals surface area (Å²) >= 11 is 0. The number of nitriles is 1. The fraction of sp³-hybridized carbons (Fsp3) is 0.222. The van der Waals surface area contributed by atoms with Crippen molar-refractivity contribution in [2.45, 2.75) is 25.9 Å². The van der Waals surface area contributed by atoms with Gasteiger partial charge in [-0.15, -0.1) is 0 Å². The first-order valence-electron chi connectivity index (χ1n) is 7.72. The summed E-state index contributed by atoms with van der Waals surface area (Å²) in [6.45, 7) is 3.54. The average Bonchev–Trinajstić information content (AvgIpc) is 2.61. The minimum Gasteiger partial charge on any atom is -0.325 e. The van der Waals surface area contributed by atoms with E-state index in [2.05, 4.69) is 10.6 Å². The highest BCUT2D eigenvalue weighted by atomic mass is 16.6. The zero-order chi connectivity index (χ0) is 18.4. The molecule has 0 spiro atoms. The monoisotopic (exact) mass is 338 g/mol. The van der Waals surface area contributed by atoms with Crippen molar-refractivity contribution in [1.82, 2.24) is 5.32 Å². The van der Waals surface area contributed by atoms with Crippen LogP contribution in [0.25, 0.3) is 0 Å². The van der Waals surface area contributed by atoms with Gasteiger partial charge in [-0.2, -0.15) is 5.26 Å². The number of rotatable bonds is 6. The van der Waals surface area contributed by atoms with Gasteiger partial charge in [0.25, 0.3) is 5.69 Å². The van der Waals surface area contributed by atoms with Gasteiger partial charge in [0.05, 0.1) is 22.6 Å². The smallest absolute Gasteiger partial charge is 0.269 e. The zero-order valence-electron chi connectivity index (χ0n) is 13.9. The number of hydrogen-bond donors (Lipinski definition) is 2. The van der Waals surface area contributed by atoms with Gasteiger partial charge < -0.3 is 5.32 Å². The van der Waals surface area contributed by atoms with Crippen LogP contribution in [-0.4, -0.2) is 16.9 Å². The molecule has 2 rings (SSSR count). The summed E-state index contributed by atoms with van der Waals surface area (Å²) < 4.78 is 0. The van der Waals surface area contributed by atoms with Crippen LogP contribution in [0.3, 0.4) is 0 Å². The van der Waals surface area contributed by atoms with Gasteiger partial charge in [0.2, 0.25) is 5.91 Å². The van der Waals surface area contributed by atoms with Gasteiger partial charge in [-0.05, 0) is 37.6 Å². The second-order valence-corrected chi connectivity index (χ2v) is 5.64. The Morgan fingerprint density at radius 1 is 1.20 bits per heavy atom. The molecule has 7 heteroatoms. The van der Waals surface area contributed by atoms with Crippen molar-refractivity contribution in [2.75, 3.05) is 5.32 Å². The highest BCUT2D eigenvalue weighted by Crippen LogP contribution is 2.19. The summed E-state index contributed by atoms with van der Waals surface area (Å²) in [5.41, 5.74) is 1.74. The van der Waals surface area contributed by atoms with Crippen molar-refractivity contribution in [3.05, 3.63) is 69.8 Å². The van der Waals surface area contributed by atoms with E-state index in [0.29, 0.717) is 11.3 Å². The molecule has 0 unspecified atom stereocenters. The third-order valence-electron chi connectivity index (χ3n) is 3.73. The van der Waals surface area contributed by atoms with Crippen molar-refractivity contribution in [3.8, 4) is 6.07 Å². The zero-order valence-corrected chi connectivity index (χ0v) is 13.9. The minimum atomic E-state index is -0.528. The number of amides is 1. The Kier molecular flexibility index (Phi) is 5.82. The van der Waals surface area contributed by atoms with Gasteiger partial charge in [0, 0.05) is 23.9 Å². The average molecular weight is 338 g/mol. The Labute approximate surface area is 145 Å². The van der Waals surface area contributed by atoms with Crippen molar-refractivity contribution in [3.63, 3.8) is 0 Å². The number of nitro benzene ring substituents is 1. The van der Waals surface area contributed by atoms with E-state index >= 15 is 0 Å². The van der Waals surface area contributed by atoms with Crippen LogP contribution < -0.4 is 10.6 Å². The molecular formula is C18H18N4O3. The number of carbonyl (C=O) groups is 1. The lowest BCUT2D eigenvalue weighted by molar-refractivity contribution is -0.384. The molecule has 128 valence electrons. The lowest BCUT2D eigenvalue weighted by Gasteiger charge is -2.20. The number of benzene rings is 2. The summed E-state index contributed by atoms with van der Waals surface area (Å²) in [4.78, 5) is 22.7. The van der Waals surface area contributed by atoms with E-state index in [1.807, 2.05) is 13.0 Å². The third-order valence-corrected chi connectivity index (χ3v) is 3.73. The van der Waals surface area contributed by atoms with Crippen molar-refractivity contribution in [2.24, 2.45) is 0 Å². The molecular weight excluding hydrogens is 320 g/mol. The Bertz CT molecular complexity index is 829. The fourth-order valence-electron chi connectivity index (χ4n) is 2.37. The summed E-state index contributed by atoms with van der Waals surface area (Å²) in [6, 6.07) is 14.2. The van der Waals surface area contributed by atoms with Crippen molar-refractivity contribution < 1.29 is 9.72 Å². The van der Waals surface area contributed by atoms with Gasteiger partial charge in [-0.1, -0.05) is 18.2 Å². The maximum atomic E-state index is 12.3. The van der Waals surface area contributed by atoms with Crippen LogP contribution in [-0.2, 0) is 4.79 Å². The lowest BCUT2D eigenvalue weighted by Crippen LogP contribution is -2.39. The standard InChI is InChI=1S/C18H18N4O3/c1-12(15-6-4-8-17(10-15)22(24)25)20-13(2)18(23)21-16-7-3-5-14(9-16)11-19/h3-10,12-13,20H,1-2H3,(H,21,23)/t12-,13-/m1/s1. The number of anilines is 1. The van der Waals surface area contributed by atoms with Crippen LogP contribution in [0.4, 0.5) is 11.4 Å². The van der Waals surface area contributed by atoms with Crippen LogP contribution in [0.15, 0.2) is 48.5 Å². The number of carbonyl (C=O) groups excluding carboxylic acids is 1. The predicted octanol–water partition coefficient (Wildman–Crippen LogP) is 3.14. The summed E-state index contributed by atoms with van der Waals surface area (Å²) in [6.07, 6.45) is 0. The molecule has 0 aromatic heterocycles. The first kappa shape index (κ1) is 18.1. The fourth-order valence-corrected chi connectivity index (χ4v) is 2.37. The van der Waals surface area contributed by atoms with Gasteiger partial charge >= 0.3 is 0 Å². The Balaban J connectivity index is 2.01. The van der Waals surface area contributed by atoms with Gasteiger partial charge in [0.1, 0.15) is 0 Å². The quantitative estimate of drug-likeness (QED) is 0.621. The predicted molar refractivity (Wildman–Crippen MR) is 93.9 cm³/mol. The maximum Gasteiger partial charge on any atom is 0.269 e. The van der Waals surface area contributed by atoms with Crippen LogP contribution in [0.1, 0.15) is 31.0 Å². The first-order chi connectivity index (χ1) is 11.9. The molecule has 2 atom stereocenters. The van der Waals surface area contributed by atoms with Crippen LogP contribution in [0, 0.1) is 21.4 Å². The number of non-ortho nitro benzene ring substituents is 1. The summed E-state index contributed by atoms with van der Waals surface area (Å²) in [5.74, 6) is -0.257. The van der Waals surface area contributed by atoms with E-state index in [-0.39, 0.29) is 17.6 Å². The number of nitrogens with zero attached hydrogens (tertiary/aromatic N) is 2. The SMILES string of the molecule is C[C@@H](N[C@H](C)c1cccc([N+](=O)[O-])c1)C(=O)Nc1cccc(C#N)c1. The van der Waals surface area contributed by atoms with Gasteiger partial charge in [-0.3, -0.25) is 20.2 Å². The van der Waals surface area contributed by atoms with Gasteiger partial charge in [-0.25, -0.2) is 0 Å². The van der Waals surface area contributed by atoms with Crippen LogP contribution in [0.5, 0.6) is 0 Å². The molecule has 0 bridgehead atoms. The van der Waals surface area contributed by atoms with E-state index in [1.54, 1.807) is 43.3 Å². The second-order valence-electron chi connectivity index (χ2n) is 5.64. The third kappa shape index (κ3) is 4.86. The molecule has 0 saturated carbocycles. The van der Waals surface area contributed by atoms with Gasteiger partial charge in [0.15, 0.2) is 0 Å². The highest BCUT2D eigenvalue weighted by Gasteiger charge is 2.18. The number of nitrogens with one attached hydrogen (secondary N) is 2. The second kappa shape index (κ2) is 8.04. The molecule has 2 N–H and O–H groups in total. The Hall–Kier alpha value is -3.24. The molecule has 0 aliphatic rings. The van der Waals surface area contributed by atoms with E-state index in [4.69, 9.17) is 5.26 Å². The van der Waals surface area contributed by atoms with E-state index in [0.717, 1.165) is 5.56 Å². The molecule has 1 amide bonds. The van der Waals surface area contributed by atoms with Crippen molar-refractivity contribution in [1.29, 1.82) is 5.26 Å². The topological polar surface area (TPSA) is 108 Å². The largest absolute Gasteiger partial charge is 0.325 e. The highest BCUT2D eigenvalue weighted by molar-refractivity contribution is 5.94. The Morgan fingerprint density at radius 2 is 1.92 bits per heavy atom. The lowest BCUT2D eigenvalue weighted by atomic mass is 10.1. The summed E-state index contributed by atoms with van der Waals surface area (Å²) in [5, 5.41) is 25.6. The molecule has 25 heavy (non-hydrogen) atoms. The van der Waals surface area contributed by atoms with Crippen molar-refractivity contribution >= 4 is 17.3 Å². The number of hydrogen-bond acceptors (Lipinski definition) is 5. The molecule has 0 saturated heterocycles. The molecule has 0 fully saturated rings. The molecule has 0 aliphatic heterocycles. The molecule has 0 heterocycles. The molecule has 2 aromatic rings. The van der Waals surface area contributed by atoms with Crippen LogP contribution in [0.2, 0.25) is 0 Å². The van der Waals surface area contributed by atoms with Crippen LogP contribution >= 0.6 is 0 Å². The molecule has 0 radical (unpaired) electrons. The number of nitro groups is 1. The van der Waals surface area contributed by atoms with E-state index in [9.17, 15) is 14.9 Å². The van der Waals surface area contributed by atoms with E-state index in [1.165, 1.54) is 12.1 Å². The minimum absolute atomic E-state index is 0.0107.